The van der Waals surface area contributed by atoms with Crippen LogP contribution in [0.5, 0.6) is 5.75 Å². The Balaban J connectivity index is 2.39. The van der Waals surface area contributed by atoms with Crippen LogP contribution in [0.2, 0.25) is 0 Å². The Morgan fingerprint density at radius 2 is 2.00 bits per heavy atom. The van der Waals surface area contributed by atoms with E-state index in [0.29, 0.717) is 15.8 Å². The summed E-state index contributed by atoms with van der Waals surface area (Å²) in [6.45, 7) is 1.43. The van der Waals surface area contributed by atoms with E-state index in [2.05, 4.69) is 43.2 Å². The smallest absolute Gasteiger partial charge is 0.302 e. The molecule has 1 atom stereocenters. The lowest BCUT2D eigenvalue weighted by Gasteiger charge is -2.24. The number of aliphatic hydroxyl groups excluding tert-OH is 1. The molecule has 0 aliphatic rings. The first-order valence-electron chi connectivity index (χ1n) is 8.07. The molecule has 142 valence electrons. The normalized spacial score (nSPS) is 11.4. The van der Waals surface area contributed by atoms with Crippen LogP contribution in [-0.4, -0.2) is 30.9 Å². The third-order valence-corrected chi connectivity index (χ3v) is 4.61. The van der Waals surface area contributed by atoms with Crippen molar-refractivity contribution in [1.29, 1.82) is 5.26 Å². The van der Waals surface area contributed by atoms with Gasteiger partial charge in [-0.3, -0.25) is 4.79 Å². The number of anilines is 1. The summed E-state index contributed by atoms with van der Waals surface area (Å²) in [6, 6.07) is 12.3. The fraction of sp³-hybridized carbons (Fsp3) is 0.263. The predicted octanol–water partition coefficient (Wildman–Crippen LogP) is 4.17. The second-order valence-corrected chi connectivity index (χ2v) is 7.34. The van der Waals surface area contributed by atoms with Crippen LogP contribution in [0.1, 0.15) is 24.1 Å². The highest BCUT2D eigenvalue weighted by Gasteiger charge is 2.21. The number of hydrogen-bond donors (Lipinski definition) is 2. The number of halogens is 2. The van der Waals surface area contributed by atoms with Crippen molar-refractivity contribution in [2.24, 2.45) is 0 Å². The molecule has 0 spiro atoms. The van der Waals surface area contributed by atoms with Crippen molar-refractivity contribution in [3.63, 3.8) is 0 Å². The van der Waals surface area contributed by atoms with Crippen molar-refractivity contribution in [1.82, 2.24) is 0 Å². The van der Waals surface area contributed by atoms with E-state index in [-0.39, 0.29) is 19.8 Å². The molecule has 0 aliphatic heterocycles. The molecule has 2 N–H and O–H groups in total. The van der Waals surface area contributed by atoms with E-state index in [4.69, 9.17) is 19.8 Å². The van der Waals surface area contributed by atoms with Crippen molar-refractivity contribution in [3.05, 3.63) is 56.5 Å². The average Bonchev–Trinajstić information content (AvgIpc) is 2.64. The first-order chi connectivity index (χ1) is 12.9. The Morgan fingerprint density at radius 3 is 2.59 bits per heavy atom. The van der Waals surface area contributed by atoms with Crippen LogP contribution >= 0.6 is 31.9 Å². The lowest BCUT2D eigenvalue weighted by atomic mass is 10.1. The molecule has 0 saturated carbocycles. The van der Waals surface area contributed by atoms with E-state index in [1.807, 2.05) is 12.1 Å². The Kier molecular flexibility index (Phi) is 8.10. The maximum Gasteiger partial charge on any atom is 0.302 e. The first-order valence-corrected chi connectivity index (χ1v) is 9.66. The van der Waals surface area contributed by atoms with E-state index in [0.717, 1.165) is 15.7 Å². The van der Waals surface area contributed by atoms with Gasteiger partial charge in [0.15, 0.2) is 0 Å². The highest BCUT2D eigenvalue weighted by Crippen LogP contribution is 2.37. The fourth-order valence-corrected chi connectivity index (χ4v) is 3.76. The maximum absolute atomic E-state index is 11.3. The van der Waals surface area contributed by atoms with Crippen LogP contribution in [0.15, 0.2) is 45.3 Å². The standard InChI is InChI=1S/C19H18Br2N2O4/c1-12(25)27-11-18(23-15-4-2-13(10-22)3-5-15)16-8-14(20)9-17(21)19(16)26-7-6-24/h2-5,8-9,18,23-24H,6-7,11H2,1H3. The third kappa shape index (κ3) is 6.24. The zero-order valence-electron chi connectivity index (χ0n) is 14.5. The monoisotopic (exact) mass is 496 g/mol. The number of benzene rings is 2. The summed E-state index contributed by atoms with van der Waals surface area (Å²) in [5.74, 6) is 0.152. The number of carbonyl (C=O) groups excluding carboxylic acids is 1. The van der Waals surface area contributed by atoms with Gasteiger partial charge in [0.05, 0.1) is 28.8 Å². The van der Waals surface area contributed by atoms with Crippen LogP contribution in [-0.2, 0) is 9.53 Å². The summed E-state index contributed by atoms with van der Waals surface area (Å²) in [5.41, 5.74) is 2.06. The second-order valence-electron chi connectivity index (χ2n) is 5.57. The Bertz CT molecular complexity index is 835. The van der Waals surface area contributed by atoms with Gasteiger partial charge in [-0.2, -0.15) is 5.26 Å². The quantitative estimate of drug-likeness (QED) is 0.532. The molecule has 0 heterocycles. The summed E-state index contributed by atoms with van der Waals surface area (Å²) >= 11 is 6.93. The van der Waals surface area contributed by atoms with Crippen molar-refractivity contribution in [2.75, 3.05) is 25.1 Å². The van der Waals surface area contributed by atoms with E-state index >= 15 is 0 Å². The van der Waals surface area contributed by atoms with Crippen LogP contribution in [0.3, 0.4) is 0 Å². The van der Waals surface area contributed by atoms with E-state index in [9.17, 15) is 4.79 Å². The lowest BCUT2D eigenvalue weighted by Crippen LogP contribution is -2.20. The van der Waals surface area contributed by atoms with Crippen LogP contribution in [0, 0.1) is 11.3 Å². The van der Waals surface area contributed by atoms with E-state index in [1.54, 1.807) is 24.3 Å². The van der Waals surface area contributed by atoms with Gasteiger partial charge in [-0.1, -0.05) is 15.9 Å². The highest BCUT2D eigenvalue weighted by atomic mass is 79.9. The van der Waals surface area contributed by atoms with Gasteiger partial charge < -0.3 is 19.9 Å². The molecule has 2 rings (SSSR count). The second kappa shape index (κ2) is 10.3. The molecule has 1 unspecified atom stereocenters. The molecule has 0 bridgehead atoms. The number of ether oxygens (including phenoxy) is 2. The number of aliphatic hydroxyl groups is 1. The number of nitrogens with zero attached hydrogens (tertiary/aromatic N) is 1. The van der Waals surface area contributed by atoms with Gasteiger partial charge in [-0.15, -0.1) is 0 Å². The topological polar surface area (TPSA) is 91.6 Å². The minimum Gasteiger partial charge on any atom is -0.490 e. The van der Waals surface area contributed by atoms with Crippen LogP contribution in [0.4, 0.5) is 5.69 Å². The Hall–Kier alpha value is -2.08. The molecule has 0 fully saturated rings. The Morgan fingerprint density at radius 1 is 1.30 bits per heavy atom. The van der Waals surface area contributed by atoms with Crippen LogP contribution < -0.4 is 10.1 Å². The molecular weight excluding hydrogens is 480 g/mol. The van der Waals surface area contributed by atoms with Gasteiger partial charge >= 0.3 is 5.97 Å². The third-order valence-electron chi connectivity index (χ3n) is 3.56. The number of hydrogen-bond acceptors (Lipinski definition) is 6. The zero-order chi connectivity index (χ0) is 19.8. The maximum atomic E-state index is 11.3. The number of nitriles is 1. The minimum atomic E-state index is -0.413. The molecular formula is C19H18Br2N2O4. The summed E-state index contributed by atoms with van der Waals surface area (Å²) in [7, 11) is 0. The molecule has 27 heavy (non-hydrogen) atoms. The fourth-order valence-electron chi connectivity index (χ4n) is 2.39. The van der Waals surface area contributed by atoms with Gasteiger partial charge in [0.25, 0.3) is 0 Å². The average molecular weight is 498 g/mol. The first kappa shape index (κ1) is 21.2. The number of carbonyl (C=O) groups is 1. The zero-order valence-corrected chi connectivity index (χ0v) is 17.7. The van der Waals surface area contributed by atoms with Crippen molar-refractivity contribution in [2.45, 2.75) is 13.0 Å². The molecule has 2 aromatic carbocycles. The SMILES string of the molecule is CC(=O)OCC(Nc1ccc(C#N)cc1)c1cc(Br)cc(Br)c1OCCO. The molecule has 6 nitrogen and oxygen atoms in total. The summed E-state index contributed by atoms with van der Waals surface area (Å²) in [6.07, 6.45) is 0. The van der Waals surface area contributed by atoms with Gasteiger partial charge in [0.1, 0.15) is 19.0 Å². The van der Waals surface area contributed by atoms with Crippen molar-refractivity contribution >= 4 is 43.5 Å². The molecule has 0 aromatic heterocycles. The van der Waals surface area contributed by atoms with E-state index in [1.165, 1.54) is 6.92 Å². The summed E-state index contributed by atoms with van der Waals surface area (Å²) in [4.78, 5) is 11.3. The molecule has 0 aliphatic carbocycles. The molecule has 2 aromatic rings. The molecule has 0 saturated heterocycles. The number of esters is 1. The summed E-state index contributed by atoms with van der Waals surface area (Å²) < 4.78 is 12.4. The molecule has 0 radical (unpaired) electrons. The number of nitrogens with one attached hydrogen (secondary N) is 1. The van der Waals surface area contributed by atoms with E-state index < -0.39 is 12.0 Å². The van der Waals surface area contributed by atoms with Gasteiger partial charge in [-0.25, -0.2) is 0 Å². The minimum absolute atomic E-state index is 0.0771. The largest absolute Gasteiger partial charge is 0.490 e. The van der Waals surface area contributed by atoms with Crippen molar-refractivity contribution in [3.8, 4) is 11.8 Å². The van der Waals surface area contributed by atoms with Crippen molar-refractivity contribution < 1.29 is 19.4 Å². The summed E-state index contributed by atoms with van der Waals surface area (Å²) in [5, 5.41) is 21.3. The lowest BCUT2D eigenvalue weighted by molar-refractivity contribution is -0.141. The van der Waals surface area contributed by atoms with Gasteiger partial charge in [0, 0.05) is 22.6 Å². The van der Waals surface area contributed by atoms with Gasteiger partial charge in [-0.05, 0) is 52.3 Å². The number of rotatable bonds is 8. The molecule has 0 amide bonds. The highest BCUT2D eigenvalue weighted by molar-refractivity contribution is 9.11. The predicted molar refractivity (Wildman–Crippen MR) is 109 cm³/mol. The molecule has 8 heteroatoms. The van der Waals surface area contributed by atoms with Crippen LogP contribution in [0.25, 0.3) is 0 Å². The van der Waals surface area contributed by atoms with Gasteiger partial charge in [0.2, 0.25) is 0 Å². The Labute approximate surface area is 174 Å².